The Kier molecular flexibility index (Phi) is 7.05. The molecule has 5 rings (SSSR count). The molecule has 3 aromatic rings. The Labute approximate surface area is 222 Å². The number of fused-ring (bicyclic) bond motifs is 1. The molecule has 2 N–H and O–H groups in total. The monoisotopic (exact) mass is 550 g/mol. The van der Waals surface area contributed by atoms with Crippen LogP contribution in [0.2, 0.25) is 5.02 Å². The number of hydrogen-bond acceptors (Lipinski definition) is 8. The minimum Gasteiger partial charge on any atom is -0.369 e. The molecule has 2 aliphatic heterocycles. The summed E-state index contributed by atoms with van der Waals surface area (Å²) < 4.78 is 31.3. The number of hydrogen-bond donors (Lipinski definition) is 2. The minimum atomic E-state index is -3.72. The highest BCUT2D eigenvalue weighted by Crippen LogP contribution is 2.31. The Bertz CT molecular complexity index is 1350. The summed E-state index contributed by atoms with van der Waals surface area (Å²) in [5.74, 6) is 0.00819. The Morgan fingerprint density at radius 1 is 1.22 bits per heavy atom. The SMILES string of the molecule is C[C@H](C(=O)N[C@@H]1CCN(c2ccc(S(=O)(=O)Nc3ncns3)cc2)C1)N1CCCc2cc(Cl)ccc21.[HH].[HH]. The van der Waals surface area contributed by atoms with Crippen LogP contribution in [0.4, 0.5) is 16.5 Å². The van der Waals surface area contributed by atoms with Crippen LogP contribution >= 0.6 is 23.1 Å². The maximum atomic E-state index is 13.1. The molecule has 194 valence electrons. The van der Waals surface area contributed by atoms with Gasteiger partial charge in [-0.3, -0.25) is 9.52 Å². The van der Waals surface area contributed by atoms with Crippen LogP contribution in [-0.2, 0) is 21.2 Å². The number of anilines is 3. The fourth-order valence-corrected chi connectivity index (χ4v) is 6.66. The summed E-state index contributed by atoms with van der Waals surface area (Å²) >= 11 is 7.14. The summed E-state index contributed by atoms with van der Waals surface area (Å²) in [6, 6.07) is 12.3. The average molecular weight is 551 g/mol. The van der Waals surface area contributed by atoms with Crippen molar-refractivity contribution in [1.82, 2.24) is 14.7 Å². The van der Waals surface area contributed by atoms with Crippen molar-refractivity contribution in [2.45, 2.75) is 43.2 Å². The fraction of sp³-hybridized carbons (Fsp3) is 0.375. The lowest BCUT2D eigenvalue weighted by Crippen LogP contribution is -2.50. The van der Waals surface area contributed by atoms with Gasteiger partial charge in [0.1, 0.15) is 12.4 Å². The smallest absolute Gasteiger partial charge is 0.263 e. The number of sulfonamides is 1. The lowest BCUT2D eigenvalue weighted by Gasteiger charge is -2.36. The van der Waals surface area contributed by atoms with Gasteiger partial charge in [-0.05, 0) is 74.2 Å². The zero-order valence-electron chi connectivity index (χ0n) is 19.7. The van der Waals surface area contributed by atoms with Gasteiger partial charge in [0, 0.05) is 56.5 Å². The van der Waals surface area contributed by atoms with E-state index < -0.39 is 10.0 Å². The van der Waals surface area contributed by atoms with Gasteiger partial charge >= 0.3 is 0 Å². The van der Waals surface area contributed by atoms with Crippen molar-refractivity contribution in [3.8, 4) is 0 Å². The van der Waals surface area contributed by atoms with Gasteiger partial charge in [-0.2, -0.15) is 4.37 Å². The Balaban J connectivity index is 0.00000200. The third kappa shape index (κ3) is 5.28. The molecule has 0 unspecified atom stereocenters. The van der Waals surface area contributed by atoms with Crippen LogP contribution in [-0.4, -0.2) is 55.4 Å². The number of amides is 1. The lowest BCUT2D eigenvalue weighted by molar-refractivity contribution is -0.122. The first-order chi connectivity index (χ1) is 17.3. The number of carbonyl (C=O) groups excluding carboxylic acids is 1. The number of nitrogens with one attached hydrogen (secondary N) is 2. The molecule has 3 heterocycles. The Morgan fingerprint density at radius 2 is 2.03 bits per heavy atom. The maximum Gasteiger partial charge on any atom is 0.263 e. The quantitative estimate of drug-likeness (QED) is 0.457. The highest BCUT2D eigenvalue weighted by molar-refractivity contribution is 7.93. The van der Waals surface area contributed by atoms with E-state index in [1.165, 1.54) is 11.9 Å². The molecular weight excluding hydrogens is 520 g/mol. The summed E-state index contributed by atoms with van der Waals surface area (Å²) in [5.41, 5.74) is 3.18. The van der Waals surface area contributed by atoms with Crippen LogP contribution in [0, 0.1) is 0 Å². The van der Waals surface area contributed by atoms with Gasteiger partial charge in [0.05, 0.1) is 4.90 Å². The molecule has 2 aromatic carbocycles. The molecule has 0 radical (unpaired) electrons. The summed E-state index contributed by atoms with van der Waals surface area (Å²) in [6.07, 6.45) is 4.08. The molecule has 2 atom stereocenters. The van der Waals surface area contributed by atoms with Crippen LogP contribution in [0.25, 0.3) is 0 Å². The van der Waals surface area contributed by atoms with Crippen LogP contribution in [0.15, 0.2) is 53.7 Å². The largest absolute Gasteiger partial charge is 0.369 e. The molecule has 1 amide bonds. The van der Waals surface area contributed by atoms with E-state index in [1.54, 1.807) is 24.3 Å². The molecule has 12 heteroatoms. The second kappa shape index (κ2) is 10.2. The molecule has 0 aliphatic carbocycles. The number of aryl methyl sites for hydroxylation is 1. The molecule has 2 aliphatic rings. The Morgan fingerprint density at radius 3 is 2.78 bits per heavy atom. The first-order valence-electron chi connectivity index (χ1n) is 11.8. The van der Waals surface area contributed by atoms with Crippen molar-refractivity contribution < 1.29 is 16.1 Å². The van der Waals surface area contributed by atoms with Gasteiger partial charge in [0.25, 0.3) is 10.0 Å². The number of rotatable bonds is 7. The molecule has 0 saturated carbocycles. The second-order valence-electron chi connectivity index (χ2n) is 9.03. The van der Waals surface area contributed by atoms with E-state index in [2.05, 4.69) is 29.2 Å². The van der Waals surface area contributed by atoms with Gasteiger partial charge < -0.3 is 15.1 Å². The fourth-order valence-electron chi connectivity index (χ4n) is 4.80. The zero-order chi connectivity index (χ0) is 25.3. The van der Waals surface area contributed by atoms with Crippen molar-refractivity contribution in [2.75, 3.05) is 34.2 Å². The van der Waals surface area contributed by atoms with E-state index in [0.717, 1.165) is 60.3 Å². The van der Waals surface area contributed by atoms with Crippen molar-refractivity contribution >= 4 is 55.6 Å². The van der Waals surface area contributed by atoms with E-state index >= 15 is 0 Å². The van der Waals surface area contributed by atoms with Crippen LogP contribution in [0.3, 0.4) is 0 Å². The summed E-state index contributed by atoms with van der Waals surface area (Å²) in [4.78, 5) is 21.5. The predicted octanol–water partition coefficient (Wildman–Crippen LogP) is 4.02. The van der Waals surface area contributed by atoms with Crippen molar-refractivity contribution in [3.63, 3.8) is 0 Å². The number of carbonyl (C=O) groups is 1. The summed E-state index contributed by atoms with van der Waals surface area (Å²) in [5, 5.41) is 4.16. The molecule has 1 saturated heterocycles. The summed E-state index contributed by atoms with van der Waals surface area (Å²) in [6.45, 7) is 4.23. The van der Waals surface area contributed by atoms with Crippen LogP contribution in [0.5, 0.6) is 0 Å². The van der Waals surface area contributed by atoms with Crippen LogP contribution < -0.4 is 19.8 Å². The second-order valence-corrected chi connectivity index (χ2v) is 11.9. The highest BCUT2D eigenvalue weighted by atomic mass is 35.5. The molecule has 9 nitrogen and oxygen atoms in total. The third-order valence-electron chi connectivity index (χ3n) is 6.67. The number of aromatic nitrogens is 2. The standard InChI is InChI=1S/C24H27ClN6O3S2.2H2/c1-16(31-11-2-3-17-13-18(25)4-9-22(17)31)23(32)28-19-10-12-30(14-19)20-5-7-21(8-6-20)36(33,34)29-24-26-15-27-35-24;;/h4-9,13,15-16,19H,2-3,10-12,14H2,1H3,(H,28,32)(H,26,27,29);2*1H/t16-,19-;;/m1../s1. The molecule has 0 bridgehead atoms. The van der Waals surface area contributed by atoms with Crippen molar-refractivity contribution in [1.29, 1.82) is 0 Å². The van der Waals surface area contributed by atoms with Gasteiger partial charge in [-0.25, -0.2) is 13.4 Å². The van der Waals surface area contributed by atoms with Crippen molar-refractivity contribution in [3.05, 3.63) is 59.4 Å². The van der Waals surface area contributed by atoms with Crippen molar-refractivity contribution in [2.24, 2.45) is 0 Å². The predicted molar refractivity (Wildman–Crippen MR) is 147 cm³/mol. The van der Waals surface area contributed by atoms with Gasteiger partial charge in [-0.15, -0.1) is 0 Å². The number of benzene rings is 2. The van der Waals surface area contributed by atoms with E-state index in [1.807, 2.05) is 25.1 Å². The molecular formula is C24H31ClN6O3S2. The highest BCUT2D eigenvalue weighted by Gasteiger charge is 2.30. The van der Waals surface area contributed by atoms with Gasteiger partial charge in [0.15, 0.2) is 0 Å². The van der Waals surface area contributed by atoms with Gasteiger partial charge in [0.2, 0.25) is 11.0 Å². The normalized spacial score (nSPS) is 18.6. The lowest BCUT2D eigenvalue weighted by atomic mass is 10.00. The molecule has 0 spiro atoms. The van der Waals surface area contributed by atoms with Gasteiger partial charge in [-0.1, -0.05) is 11.6 Å². The number of nitrogens with zero attached hydrogens (tertiary/aromatic N) is 4. The maximum absolute atomic E-state index is 13.1. The van der Waals surface area contributed by atoms with E-state index in [4.69, 9.17) is 11.6 Å². The third-order valence-corrected chi connectivity index (χ3v) is 8.97. The molecule has 1 aromatic heterocycles. The van der Waals surface area contributed by atoms with E-state index in [-0.39, 0.29) is 30.9 Å². The first-order valence-corrected chi connectivity index (χ1v) is 14.4. The summed E-state index contributed by atoms with van der Waals surface area (Å²) in [7, 11) is -3.72. The average Bonchev–Trinajstić information content (AvgIpc) is 3.55. The Hall–Kier alpha value is -2.89. The minimum absolute atomic E-state index is 0. The van der Waals surface area contributed by atoms with E-state index in [0.29, 0.717) is 6.54 Å². The topological polar surface area (TPSA) is 108 Å². The molecule has 1 fully saturated rings. The zero-order valence-corrected chi connectivity index (χ0v) is 22.1. The van der Waals surface area contributed by atoms with E-state index in [9.17, 15) is 13.2 Å². The van der Waals surface area contributed by atoms with Crippen LogP contribution in [0.1, 0.15) is 28.2 Å². The first kappa shape index (κ1) is 24.8. The number of halogens is 1. The molecule has 36 heavy (non-hydrogen) atoms.